The first-order valence-corrected chi connectivity index (χ1v) is 23.1. The standard InChI is InChI=1S/C27H36O3.C25H32O3/c1-17-13-21(18-7-5-4-6-8-18)22-15-19(14-20(17)22)24(28)11-12-27(2,3)16-23-25(29)9-10-26(23)30;1-15(10-22-23(26)8-9-24(22)27)11-25(28)18-13-19-16(2)12-20(21(19)14-18)17-6-4-3-5-7-17/h13-14,18,21,23H,4-12,15-16H2,1-3H3;12-13,15,17,20,22H,3-11,14H2,1-2H3/t;15-,20?/m.1/s1. The normalized spacial score (nSPS) is 26.5. The minimum atomic E-state index is -0.454. The van der Waals surface area contributed by atoms with Crippen molar-refractivity contribution in [1.82, 2.24) is 0 Å². The van der Waals surface area contributed by atoms with Gasteiger partial charge in [0.25, 0.3) is 0 Å². The lowest BCUT2D eigenvalue weighted by molar-refractivity contribution is -0.129. The van der Waals surface area contributed by atoms with E-state index >= 15 is 0 Å². The van der Waals surface area contributed by atoms with Crippen molar-refractivity contribution >= 4 is 34.7 Å². The van der Waals surface area contributed by atoms with Crippen molar-refractivity contribution in [1.29, 1.82) is 0 Å². The molecule has 0 N–H and O–H groups in total. The summed E-state index contributed by atoms with van der Waals surface area (Å²) in [7, 11) is 0. The molecule has 0 aromatic carbocycles. The lowest BCUT2D eigenvalue weighted by Crippen LogP contribution is -2.24. The average molecular weight is 789 g/mol. The summed E-state index contributed by atoms with van der Waals surface area (Å²) in [5, 5.41) is 0. The number of hydrogen-bond donors (Lipinski definition) is 0. The maximum Gasteiger partial charge on any atom is 0.159 e. The van der Waals surface area contributed by atoms with Crippen LogP contribution < -0.4 is 0 Å². The minimum absolute atomic E-state index is 0.0705. The van der Waals surface area contributed by atoms with E-state index in [0.29, 0.717) is 63.2 Å². The third-order valence-electron chi connectivity index (χ3n) is 15.4. The zero-order valence-electron chi connectivity index (χ0n) is 36.1. The number of ketones is 6. The van der Waals surface area contributed by atoms with Gasteiger partial charge in [-0.05, 0) is 140 Å². The van der Waals surface area contributed by atoms with Gasteiger partial charge < -0.3 is 0 Å². The summed E-state index contributed by atoms with van der Waals surface area (Å²) in [6.07, 6.45) is 28.6. The predicted molar refractivity (Wildman–Crippen MR) is 229 cm³/mol. The minimum Gasteiger partial charge on any atom is -0.299 e. The first-order valence-electron chi connectivity index (χ1n) is 23.1. The van der Waals surface area contributed by atoms with Crippen molar-refractivity contribution in [3.8, 4) is 0 Å². The highest BCUT2D eigenvalue weighted by Crippen LogP contribution is 2.49. The molecule has 8 aliphatic rings. The molecule has 0 bridgehead atoms. The Kier molecular flexibility index (Phi) is 13.2. The Morgan fingerprint density at radius 1 is 0.638 bits per heavy atom. The highest BCUT2D eigenvalue weighted by Gasteiger charge is 2.40. The molecule has 8 aliphatic carbocycles. The molecule has 0 aliphatic heterocycles. The molecule has 0 spiro atoms. The Balaban J connectivity index is 0.000000177. The van der Waals surface area contributed by atoms with Crippen molar-refractivity contribution in [2.24, 2.45) is 46.8 Å². The van der Waals surface area contributed by atoms with Crippen molar-refractivity contribution in [3.63, 3.8) is 0 Å². The summed E-state index contributed by atoms with van der Waals surface area (Å²) in [5.41, 5.74) is 10.0. The summed E-state index contributed by atoms with van der Waals surface area (Å²) in [4.78, 5) is 73.7. The molecule has 0 saturated heterocycles. The van der Waals surface area contributed by atoms with E-state index in [1.807, 2.05) is 6.92 Å². The number of carbonyl (C=O) groups is 6. The fourth-order valence-electron chi connectivity index (χ4n) is 11.9. The maximum atomic E-state index is 13.0. The first kappa shape index (κ1) is 42.6. The molecule has 58 heavy (non-hydrogen) atoms. The zero-order chi connectivity index (χ0) is 41.3. The van der Waals surface area contributed by atoms with E-state index in [1.54, 1.807) is 0 Å². The maximum absolute atomic E-state index is 13.0. The molecular formula is C52H68O6. The Bertz CT molecular complexity index is 1880. The third kappa shape index (κ3) is 9.42. The molecule has 0 amide bonds. The first-order chi connectivity index (χ1) is 27.7. The number of rotatable bonds is 13. The van der Waals surface area contributed by atoms with Gasteiger partial charge in [-0.15, -0.1) is 0 Å². The van der Waals surface area contributed by atoms with E-state index in [-0.39, 0.29) is 46.0 Å². The summed E-state index contributed by atoms with van der Waals surface area (Å²) >= 11 is 0. The molecule has 0 radical (unpaired) electrons. The smallest absolute Gasteiger partial charge is 0.159 e. The van der Waals surface area contributed by atoms with E-state index < -0.39 is 11.8 Å². The second-order valence-corrected chi connectivity index (χ2v) is 20.3. The van der Waals surface area contributed by atoms with Crippen LogP contribution in [-0.2, 0) is 28.8 Å². The van der Waals surface area contributed by atoms with E-state index in [2.05, 4.69) is 52.0 Å². The molecule has 3 atom stereocenters. The van der Waals surface area contributed by atoms with Gasteiger partial charge in [-0.1, -0.05) is 82.6 Å². The van der Waals surface area contributed by atoms with Crippen LogP contribution in [0.4, 0.5) is 0 Å². The summed E-state index contributed by atoms with van der Waals surface area (Å²) in [6, 6.07) is 0. The van der Waals surface area contributed by atoms with E-state index in [1.165, 1.54) is 97.6 Å². The summed E-state index contributed by atoms with van der Waals surface area (Å²) < 4.78 is 0. The Morgan fingerprint density at radius 2 is 1.07 bits per heavy atom. The Labute approximate surface area is 347 Å². The summed E-state index contributed by atoms with van der Waals surface area (Å²) in [6.45, 7) is 10.6. The molecule has 312 valence electrons. The Morgan fingerprint density at radius 3 is 1.53 bits per heavy atom. The lowest BCUT2D eigenvalue weighted by Gasteiger charge is -2.28. The fourth-order valence-corrected chi connectivity index (χ4v) is 11.9. The molecule has 4 fully saturated rings. The van der Waals surface area contributed by atoms with Crippen LogP contribution in [0, 0.1) is 46.8 Å². The zero-order valence-corrected chi connectivity index (χ0v) is 36.1. The van der Waals surface area contributed by atoms with E-state index in [0.717, 1.165) is 42.2 Å². The quantitative estimate of drug-likeness (QED) is 0.172. The molecule has 6 nitrogen and oxygen atoms in total. The number of Topliss-reactive ketones (excluding diaryl/α,β-unsaturated/α-hetero) is 6. The molecule has 2 unspecified atom stereocenters. The monoisotopic (exact) mass is 789 g/mol. The van der Waals surface area contributed by atoms with Crippen LogP contribution in [0.1, 0.15) is 169 Å². The van der Waals surface area contributed by atoms with Gasteiger partial charge in [-0.3, -0.25) is 28.8 Å². The Hall–Kier alpha value is -3.54. The second kappa shape index (κ2) is 18.0. The fraction of sp³-hybridized carbons (Fsp3) is 0.654. The molecule has 4 saturated carbocycles. The van der Waals surface area contributed by atoms with Gasteiger partial charge in [-0.2, -0.15) is 0 Å². The van der Waals surface area contributed by atoms with Gasteiger partial charge in [0.15, 0.2) is 11.6 Å². The van der Waals surface area contributed by atoms with Crippen LogP contribution in [0.3, 0.4) is 0 Å². The van der Waals surface area contributed by atoms with Crippen molar-refractivity contribution < 1.29 is 28.8 Å². The van der Waals surface area contributed by atoms with E-state index in [4.69, 9.17) is 0 Å². The van der Waals surface area contributed by atoms with Crippen molar-refractivity contribution in [3.05, 3.63) is 68.9 Å². The van der Waals surface area contributed by atoms with E-state index in [9.17, 15) is 28.8 Å². The molecule has 0 aromatic rings. The molecule has 8 rings (SSSR count). The number of allylic oxidation sites excluding steroid dienone is 12. The van der Waals surface area contributed by atoms with Crippen molar-refractivity contribution in [2.75, 3.05) is 0 Å². The van der Waals surface area contributed by atoms with Gasteiger partial charge >= 0.3 is 0 Å². The molecule has 0 aromatic heterocycles. The van der Waals surface area contributed by atoms with Crippen LogP contribution in [0.15, 0.2) is 68.9 Å². The topological polar surface area (TPSA) is 102 Å². The van der Waals surface area contributed by atoms with Crippen LogP contribution >= 0.6 is 0 Å². The lowest BCUT2D eigenvalue weighted by atomic mass is 9.76. The number of carbonyl (C=O) groups excluding carboxylic acids is 6. The van der Waals surface area contributed by atoms with Crippen LogP contribution in [0.5, 0.6) is 0 Å². The van der Waals surface area contributed by atoms with Crippen LogP contribution in [0.2, 0.25) is 0 Å². The average Bonchev–Trinajstić information content (AvgIpc) is 4.06. The second-order valence-electron chi connectivity index (χ2n) is 20.3. The van der Waals surface area contributed by atoms with Gasteiger partial charge in [0, 0.05) is 50.4 Å². The molecule has 0 heterocycles. The van der Waals surface area contributed by atoms with Gasteiger partial charge in [0.2, 0.25) is 0 Å². The van der Waals surface area contributed by atoms with Gasteiger partial charge in [-0.25, -0.2) is 0 Å². The molecule has 6 heteroatoms. The van der Waals surface area contributed by atoms with Crippen molar-refractivity contribution in [2.45, 2.75) is 169 Å². The summed E-state index contributed by atoms with van der Waals surface area (Å²) in [5.74, 6) is 2.53. The third-order valence-corrected chi connectivity index (χ3v) is 15.4. The predicted octanol–water partition coefficient (Wildman–Crippen LogP) is 11.4. The highest BCUT2D eigenvalue weighted by molar-refractivity contribution is 6.09. The largest absolute Gasteiger partial charge is 0.299 e. The SMILES string of the molecule is CC1=CC(C2CCCCC2)C2=C1C=C(C(=O)CCC(C)(C)CC1C(=O)CCC1=O)C2.CC1=CC(C2CCCCC2)C2=C1C=C(C(=O)C[C@H](C)CC1C(=O)CCC1=O)C2. The number of hydrogen-bond acceptors (Lipinski definition) is 6. The highest BCUT2D eigenvalue weighted by atomic mass is 16.2. The van der Waals surface area contributed by atoms with Crippen LogP contribution in [0.25, 0.3) is 0 Å². The van der Waals surface area contributed by atoms with Crippen LogP contribution in [-0.4, -0.2) is 34.7 Å². The van der Waals surface area contributed by atoms with Gasteiger partial charge in [0.05, 0.1) is 11.8 Å². The van der Waals surface area contributed by atoms with Gasteiger partial charge in [0.1, 0.15) is 23.1 Å². The molecular weight excluding hydrogens is 721 g/mol.